The smallest absolute Gasteiger partial charge is 0.165 e. The molecule has 1 rings (SSSR count). The van der Waals surface area contributed by atoms with Crippen LogP contribution in [0.5, 0.6) is 0 Å². The first-order chi connectivity index (χ1) is 7.65. The predicted molar refractivity (Wildman–Crippen MR) is 64.0 cm³/mol. The van der Waals surface area contributed by atoms with Crippen molar-refractivity contribution in [1.29, 1.82) is 0 Å². The largest absolute Gasteiger partial charge is 0.310 e. The normalized spacial score (nSPS) is 13.3. The van der Waals surface area contributed by atoms with Crippen LogP contribution in [0.25, 0.3) is 0 Å². The van der Waals surface area contributed by atoms with Gasteiger partial charge < -0.3 is 5.32 Å². The second-order valence-electron chi connectivity index (χ2n) is 4.70. The lowest BCUT2D eigenvalue weighted by molar-refractivity contribution is 0.377. The molecule has 0 aromatic carbocycles. The number of nitrogens with one attached hydrogen (secondary N) is 1. The summed E-state index contributed by atoms with van der Waals surface area (Å²) >= 11 is 0. The van der Waals surface area contributed by atoms with Gasteiger partial charge in [0, 0.05) is 0 Å². The van der Waals surface area contributed by atoms with E-state index >= 15 is 0 Å². The van der Waals surface area contributed by atoms with Crippen LogP contribution in [-0.2, 0) is 6.54 Å². The maximum absolute atomic E-state index is 4.06. The molecule has 1 aromatic heterocycles. The minimum absolute atomic E-state index is 0.369. The Hall–Kier alpha value is -0.970. The quantitative estimate of drug-likeness (QED) is 0.719. The minimum Gasteiger partial charge on any atom is -0.310 e. The molecule has 1 atom stereocenters. The Balaban J connectivity index is 2.55. The van der Waals surface area contributed by atoms with E-state index in [-0.39, 0.29) is 0 Å². The molecule has 1 aromatic rings. The summed E-state index contributed by atoms with van der Waals surface area (Å²) in [6.07, 6.45) is 2.23. The highest BCUT2D eigenvalue weighted by Gasteiger charge is 2.13. The molecule has 0 radical (unpaired) electrons. The van der Waals surface area contributed by atoms with Crippen molar-refractivity contribution in [3.05, 3.63) is 5.82 Å². The van der Waals surface area contributed by atoms with Gasteiger partial charge in [-0.3, -0.25) is 0 Å². The highest BCUT2D eigenvalue weighted by atomic mass is 15.6. The van der Waals surface area contributed by atoms with Gasteiger partial charge in [-0.1, -0.05) is 20.8 Å². The van der Waals surface area contributed by atoms with Gasteiger partial charge in [-0.15, -0.1) is 5.10 Å². The fourth-order valence-electron chi connectivity index (χ4n) is 1.83. The van der Waals surface area contributed by atoms with Crippen LogP contribution in [-0.4, -0.2) is 26.8 Å². The Kier molecular flexibility index (Phi) is 5.38. The number of aromatic nitrogens is 4. The van der Waals surface area contributed by atoms with Crippen molar-refractivity contribution in [2.75, 3.05) is 6.54 Å². The number of tetrazole rings is 1. The maximum Gasteiger partial charge on any atom is 0.165 e. The topological polar surface area (TPSA) is 55.6 Å². The number of rotatable bonds is 7. The lowest BCUT2D eigenvalue weighted by Gasteiger charge is -2.15. The molecule has 16 heavy (non-hydrogen) atoms. The van der Waals surface area contributed by atoms with Crippen LogP contribution in [0, 0.1) is 5.92 Å². The monoisotopic (exact) mass is 225 g/mol. The third kappa shape index (κ3) is 3.89. The number of hydrogen-bond donors (Lipinski definition) is 1. The Morgan fingerprint density at radius 2 is 2.06 bits per heavy atom. The average molecular weight is 225 g/mol. The molecular weight excluding hydrogens is 202 g/mol. The zero-order valence-electron chi connectivity index (χ0n) is 10.8. The zero-order valence-corrected chi connectivity index (χ0v) is 10.8. The number of hydrogen-bond acceptors (Lipinski definition) is 4. The first-order valence-electron chi connectivity index (χ1n) is 6.12. The molecule has 0 fully saturated rings. The van der Waals surface area contributed by atoms with Gasteiger partial charge in [-0.2, -0.15) is 0 Å². The van der Waals surface area contributed by atoms with Gasteiger partial charge in [0.2, 0.25) is 0 Å². The minimum atomic E-state index is 0.369. The average Bonchev–Trinajstić information content (AvgIpc) is 2.65. The molecular formula is C11H23N5. The van der Waals surface area contributed by atoms with Crippen molar-refractivity contribution >= 4 is 0 Å². The molecule has 0 bridgehead atoms. The third-order valence-electron chi connectivity index (χ3n) is 2.50. The van der Waals surface area contributed by atoms with Gasteiger partial charge in [-0.25, -0.2) is 4.68 Å². The fourth-order valence-corrected chi connectivity index (χ4v) is 1.83. The molecule has 0 aliphatic heterocycles. The van der Waals surface area contributed by atoms with Crippen molar-refractivity contribution in [2.24, 2.45) is 5.92 Å². The van der Waals surface area contributed by atoms with E-state index in [0.717, 1.165) is 31.8 Å². The molecule has 0 saturated heterocycles. The predicted octanol–water partition coefficient (Wildman–Crippen LogP) is 1.78. The summed E-state index contributed by atoms with van der Waals surface area (Å²) in [5.74, 6) is 1.59. The summed E-state index contributed by atoms with van der Waals surface area (Å²) in [4.78, 5) is 0. The fraction of sp³-hybridized carbons (Fsp3) is 0.909. The molecule has 92 valence electrons. The highest BCUT2D eigenvalue weighted by Crippen LogP contribution is 2.16. The molecule has 1 N–H and O–H groups in total. The summed E-state index contributed by atoms with van der Waals surface area (Å²) in [6.45, 7) is 10.5. The van der Waals surface area contributed by atoms with Crippen molar-refractivity contribution in [3.63, 3.8) is 0 Å². The Morgan fingerprint density at radius 3 is 2.69 bits per heavy atom. The molecule has 5 nitrogen and oxygen atoms in total. The summed E-state index contributed by atoms with van der Waals surface area (Å²) in [5.41, 5.74) is 0. The lowest BCUT2D eigenvalue weighted by Crippen LogP contribution is -2.20. The van der Waals surface area contributed by atoms with Crippen LogP contribution in [0.2, 0.25) is 0 Å². The second-order valence-corrected chi connectivity index (χ2v) is 4.70. The van der Waals surface area contributed by atoms with Crippen LogP contribution in [0.4, 0.5) is 0 Å². The summed E-state index contributed by atoms with van der Waals surface area (Å²) in [6, 6.07) is 0.369. The SMILES string of the molecule is CCCNCc1nnnn1C(C)CC(C)C. The Morgan fingerprint density at radius 1 is 1.31 bits per heavy atom. The molecule has 0 aliphatic carbocycles. The van der Waals surface area contributed by atoms with E-state index in [1.807, 2.05) is 4.68 Å². The van der Waals surface area contributed by atoms with Gasteiger partial charge in [0.05, 0.1) is 12.6 Å². The Bertz CT molecular complexity index is 294. The van der Waals surface area contributed by atoms with Crippen molar-refractivity contribution in [1.82, 2.24) is 25.5 Å². The summed E-state index contributed by atoms with van der Waals surface area (Å²) in [5, 5.41) is 15.2. The Labute approximate surface area is 97.6 Å². The van der Waals surface area contributed by atoms with Gasteiger partial charge in [0.15, 0.2) is 5.82 Å². The van der Waals surface area contributed by atoms with E-state index in [1.165, 1.54) is 0 Å². The van der Waals surface area contributed by atoms with E-state index in [9.17, 15) is 0 Å². The molecule has 1 heterocycles. The molecule has 0 aliphatic rings. The van der Waals surface area contributed by atoms with E-state index in [2.05, 4.69) is 48.5 Å². The van der Waals surface area contributed by atoms with Crippen molar-refractivity contribution < 1.29 is 0 Å². The van der Waals surface area contributed by atoms with E-state index in [1.54, 1.807) is 0 Å². The van der Waals surface area contributed by atoms with Crippen molar-refractivity contribution in [3.8, 4) is 0 Å². The van der Waals surface area contributed by atoms with E-state index in [4.69, 9.17) is 0 Å². The first-order valence-corrected chi connectivity index (χ1v) is 6.12. The molecule has 5 heteroatoms. The van der Waals surface area contributed by atoms with Gasteiger partial charge in [0.25, 0.3) is 0 Å². The van der Waals surface area contributed by atoms with E-state index in [0.29, 0.717) is 12.0 Å². The maximum atomic E-state index is 4.06. The molecule has 1 unspecified atom stereocenters. The van der Waals surface area contributed by atoms with Crippen LogP contribution in [0.15, 0.2) is 0 Å². The highest BCUT2D eigenvalue weighted by molar-refractivity contribution is 4.83. The van der Waals surface area contributed by atoms with Gasteiger partial charge in [-0.05, 0) is 42.7 Å². The summed E-state index contributed by atoms with van der Waals surface area (Å²) in [7, 11) is 0. The molecule has 0 spiro atoms. The van der Waals surface area contributed by atoms with Gasteiger partial charge >= 0.3 is 0 Å². The third-order valence-corrected chi connectivity index (χ3v) is 2.50. The first kappa shape index (κ1) is 13.1. The van der Waals surface area contributed by atoms with Crippen LogP contribution >= 0.6 is 0 Å². The zero-order chi connectivity index (χ0) is 12.0. The van der Waals surface area contributed by atoms with Crippen molar-refractivity contribution in [2.45, 2.75) is 53.1 Å². The summed E-state index contributed by atoms with van der Waals surface area (Å²) < 4.78 is 1.93. The van der Waals surface area contributed by atoms with Crippen LogP contribution in [0.1, 0.15) is 52.4 Å². The standard InChI is InChI=1S/C11H23N5/c1-5-6-12-8-11-13-14-15-16(11)10(4)7-9(2)3/h9-10,12H,5-8H2,1-4H3. The molecule has 0 saturated carbocycles. The van der Waals surface area contributed by atoms with Crippen LogP contribution < -0.4 is 5.32 Å². The van der Waals surface area contributed by atoms with E-state index < -0.39 is 0 Å². The number of nitrogens with zero attached hydrogens (tertiary/aromatic N) is 4. The van der Waals surface area contributed by atoms with Crippen LogP contribution in [0.3, 0.4) is 0 Å². The molecule has 0 amide bonds. The second kappa shape index (κ2) is 6.58. The lowest BCUT2D eigenvalue weighted by atomic mass is 10.1. The van der Waals surface area contributed by atoms with Gasteiger partial charge in [0.1, 0.15) is 0 Å².